The molecule has 3 nitrogen and oxygen atoms in total. The van der Waals surface area contributed by atoms with Gasteiger partial charge in [0.2, 0.25) is 0 Å². The molecule has 1 aromatic carbocycles. The molecule has 2 N–H and O–H groups in total. The molecular weight excluding hydrogens is 202 g/mol. The largest absolute Gasteiger partial charge is 0.492 e. The highest BCUT2D eigenvalue weighted by Crippen LogP contribution is 2.10. The van der Waals surface area contributed by atoms with E-state index in [4.69, 9.17) is 9.84 Å². The van der Waals surface area contributed by atoms with Crippen molar-refractivity contribution in [2.75, 3.05) is 19.7 Å². The fourth-order valence-electron chi connectivity index (χ4n) is 1.31. The molecule has 0 radical (unpaired) electrons. The SMILES string of the molecule is Cc1ccc(OCCNCCC(C)O)cc1. The highest BCUT2D eigenvalue weighted by atomic mass is 16.5. The first kappa shape index (κ1) is 13.0. The summed E-state index contributed by atoms with van der Waals surface area (Å²) in [6, 6.07) is 8.03. The van der Waals surface area contributed by atoms with Crippen molar-refractivity contribution in [3.8, 4) is 5.75 Å². The minimum atomic E-state index is -0.231. The maximum atomic E-state index is 9.04. The lowest BCUT2D eigenvalue weighted by Crippen LogP contribution is -2.24. The van der Waals surface area contributed by atoms with Crippen molar-refractivity contribution in [2.24, 2.45) is 0 Å². The van der Waals surface area contributed by atoms with Gasteiger partial charge in [-0.05, 0) is 38.9 Å². The molecule has 1 rings (SSSR count). The van der Waals surface area contributed by atoms with Crippen LogP contribution < -0.4 is 10.1 Å². The highest BCUT2D eigenvalue weighted by Gasteiger charge is 1.95. The normalized spacial score (nSPS) is 12.4. The molecule has 1 aromatic rings. The first-order valence-electron chi connectivity index (χ1n) is 5.77. The van der Waals surface area contributed by atoms with Gasteiger partial charge in [-0.1, -0.05) is 17.7 Å². The molecule has 0 saturated heterocycles. The summed E-state index contributed by atoms with van der Waals surface area (Å²) in [5.74, 6) is 0.905. The number of hydrogen-bond acceptors (Lipinski definition) is 3. The van der Waals surface area contributed by atoms with Gasteiger partial charge in [0.15, 0.2) is 0 Å². The minimum absolute atomic E-state index is 0.231. The van der Waals surface area contributed by atoms with Gasteiger partial charge in [0.1, 0.15) is 12.4 Å². The van der Waals surface area contributed by atoms with Crippen LogP contribution in [0.1, 0.15) is 18.9 Å². The van der Waals surface area contributed by atoms with Crippen LogP contribution in [-0.2, 0) is 0 Å². The maximum absolute atomic E-state index is 9.04. The lowest BCUT2D eigenvalue weighted by Gasteiger charge is -2.08. The number of rotatable bonds is 7. The van der Waals surface area contributed by atoms with Gasteiger partial charge >= 0.3 is 0 Å². The number of aliphatic hydroxyl groups is 1. The highest BCUT2D eigenvalue weighted by molar-refractivity contribution is 5.26. The van der Waals surface area contributed by atoms with Crippen LogP contribution in [0.4, 0.5) is 0 Å². The third-order valence-electron chi connectivity index (χ3n) is 2.31. The second-order valence-corrected chi connectivity index (χ2v) is 4.05. The van der Waals surface area contributed by atoms with Crippen LogP contribution >= 0.6 is 0 Å². The van der Waals surface area contributed by atoms with E-state index in [2.05, 4.69) is 12.2 Å². The molecule has 0 saturated carbocycles. The van der Waals surface area contributed by atoms with Gasteiger partial charge in [-0.2, -0.15) is 0 Å². The Hall–Kier alpha value is -1.06. The molecule has 0 amide bonds. The first-order valence-corrected chi connectivity index (χ1v) is 5.77. The van der Waals surface area contributed by atoms with Gasteiger partial charge in [-0.25, -0.2) is 0 Å². The van der Waals surface area contributed by atoms with E-state index in [0.717, 1.165) is 25.3 Å². The van der Waals surface area contributed by atoms with Crippen LogP contribution in [0, 0.1) is 6.92 Å². The van der Waals surface area contributed by atoms with E-state index >= 15 is 0 Å². The van der Waals surface area contributed by atoms with Crippen LogP contribution in [0.3, 0.4) is 0 Å². The van der Waals surface area contributed by atoms with Gasteiger partial charge in [-0.15, -0.1) is 0 Å². The molecule has 0 aliphatic heterocycles. The van der Waals surface area contributed by atoms with Crippen molar-refractivity contribution in [1.82, 2.24) is 5.32 Å². The second kappa shape index (κ2) is 7.25. The Morgan fingerprint density at radius 3 is 2.56 bits per heavy atom. The summed E-state index contributed by atoms with van der Waals surface area (Å²) >= 11 is 0. The quantitative estimate of drug-likeness (QED) is 0.692. The summed E-state index contributed by atoms with van der Waals surface area (Å²) in [7, 11) is 0. The van der Waals surface area contributed by atoms with Crippen molar-refractivity contribution in [3.05, 3.63) is 29.8 Å². The van der Waals surface area contributed by atoms with Crippen LogP contribution in [0.5, 0.6) is 5.75 Å². The van der Waals surface area contributed by atoms with E-state index in [-0.39, 0.29) is 6.10 Å². The van der Waals surface area contributed by atoms with E-state index in [1.165, 1.54) is 5.56 Å². The Kier molecular flexibility index (Phi) is 5.90. The third-order valence-corrected chi connectivity index (χ3v) is 2.31. The van der Waals surface area contributed by atoms with E-state index in [0.29, 0.717) is 6.61 Å². The lowest BCUT2D eigenvalue weighted by molar-refractivity contribution is 0.183. The monoisotopic (exact) mass is 223 g/mol. The fraction of sp³-hybridized carbons (Fsp3) is 0.538. The standard InChI is InChI=1S/C13H21NO2/c1-11-3-5-13(6-4-11)16-10-9-14-8-7-12(2)15/h3-6,12,14-15H,7-10H2,1-2H3. The molecule has 1 atom stereocenters. The van der Waals surface area contributed by atoms with Crippen molar-refractivity contribution >= 4 is 0 Å². The average Bonchev–Trinajstić information content (AvgIpc) is 2.25. The first-order chi connectivity index (χ1) is 7.68. The molecule has 0 aliphatic rings. The van der Waals surface area contributed by atoms with Crippen molar-refractivity contribution in [1.29, 1.82) is 0 Å². The topological polar surface area (TPSA) is 41.5 Å². The van der Waals surface area contributed by atoms with E-state index in [1.807, 2.05) is 24.3 Å². The molecule has 0 spiro atoms. The van der Waals surface area contributed by atoms with Gasteiger partial charge in [-0.3, -0.25) is 0 Å². The zero-order chi connectivity index (χ0) is 11.8. The summed E-state index contributed by atoms with van der Waals surface area (Å²) in [6.45, 7) is 6.14. The van der Waals surface area contributed by atoms with Crippen molar-refractivity contribution < 1.29 is 9.84 Å². The van der Waals surface area contributed by atoms with Gasteiger partial charge in [0.25, 0.3) is 0 Å². The van der Waals surface area contributed by atoms with E-state index in [1.54, 1.807) is 6.92 Å². The van der Waals surface area contributed by atoms with Crippen molar-refractivity contribution in [2.45, 2.75) is 26.4 Å². The fourth-order valence-corrected chi connectivity index (χ4v) is 1.31. The second-order valence-electron chi connectivity index (χ2n) is 4.05. The number of ether oxygens (including phenoxy) is 1. The molecule has 90 valence electrons. The Morgan fingerprint density at radius 2 is 1.94 bits per heavy atom. The van der Waals surface area contributed by atoms with E-state index in [9.17, 15) is 0 Å². The third kappa shape index (κ3) is 5.73. The number of aryl methyl sites for hydroxylation is 1. The molecule has 0 aliphatic carbocycles. The summed E-state index contributed by atoms with van der Waals surface area (Å²) in [6.07, 6.45) is 0.551. The Bertz CT molecular complexity index is 282. The zero-order valence-corrected chi connectivity index (χ0v) is 10.1. The molecule has 0 bridgehead atoms. The van der Waals surface area contributed by atoms with Crippen LogP contribution in [0.2, 0.25) is 0 Å². The van der Waals surface area contributed by atoms with Gasteiger partial charge in [0, 0.05) is 6.54 Å². The van der Waals surface area contributed by atoms with Crippen LogP contribution in [0.25, 0.3) is 0 Å². The molecule has 3 heteroatoms. The predicted molar refractivity (Wildman–Crippen MR) is 65.8 cm³/mol. The maximum Gasteiger partial charge on any atom is 0.119 e. The van der Waals surface area contributed by atoms with Gasteiger partial charge in [0.05, 0.1) is 6.10 Å². The summed E-state index contributed by atoms with van der Waals surface area (Å²) in [5.41, 5.74) is 1.24. The predicted octanol–water partition coefficient (Wildman–Crippen LogP) is 1.73. The number of benzene rings is 1. The van der Waals surface area contributed by atoms with Crippen LogP contribution in [0.15, 0.2) is 24.3 Å². The molecule has 16 heavy (non-hydrogen) atoms. The zero-order valence-electron chi connectivity index (χ0n) is 10.1. The molecular formula is C13H21NO2. The Balaban J connectivity index is 2.05. The molecule has 0 heterocycles. The number of aliphatic hydroxyl groups excluding tert-OH is 1. The Labute approximate surface area is 97.4 Å². The summed E-state index contributed by atoms with van der Waals surface area (Å²) < 4.78 is 5.54. The minimum Gasteiger partial charge on any atom is -0.492 e. The Morgan fingerprint density at radius 1 is 1.25 bits per heavy atom. The molecule has 0 aromatic heterocycles. The van der Waals surface area contributed by atoms with Gasteiger partial charge < -0.3 is 15.2 Å². The molecule has 1 unspecified atom stereocenters. The summed E-state index contributed by atoms with van der Waals surface area (Å²) in [5, 5.41) is 12.3. The van der Waals surface area contributed by atoms with Crippen LogP contribution in [-0.4, -0.2) is 30.9 Å². The molecule has 0 fully saturated rings. The lowest BCUT2D eigenvalue weighted by atomic mass is 10.2. The summed E-state index contributed by atoms with van der Waals surface area (Å²) in [4.78, 5) is 0. The number of nitrogens with one attached hydrogen (secondary N) is 1. The average molecular weight is 223 g/mol. The number of hydrogen-bond donors (Lipinski definition) is 2. The smallest absolute Gasteiger partial charge is 0.119 e. The van der Waals surface area contributed by atoms with E-state index < -0.39 is 0 Å². The van der Waals surface area contributed by atoms with Crippen molar-refractivity contribution in [3.63, 3.8) is 0 Å².